The topological polar surface area (TPSA) is 22.1 Å². The first-order valence-electron chi connectivity index (χ1n) is 6.11. The van der Waals surface area contributed by atoms with Gasteiger partial charge in [0.15, 0.2) is 0 Å². The van der Waals surface area contributed by atoms with Crippen molar-refractivity contribution in [2.75, 3.05) is 6.61 Å². The van der Waals surface area contributed by atoms with Crippen molar-refractivity contribution in [3.8, 4) is 5.88 Å². The molecule has 0 N–H and O–H groups in total. The number of unbranched alkanes of at least 4 members (excludes halogenated alkanes) is 4. The zero-order chi connectivity index (χ0) is 12.5. The highest BCUT2D eigenvalue weighted by atomic mass is 35.5. The smallest absolute Gasteiger partial charge is 0.232 e. The van der Waals surface area contributed by atoms with Crippen LogP contribution in [0, 0.1) is 0 Å². The van der Waals surface area contributed by atoms with Crippen LogP contribution in [0.5, 0.6) is 5.88 Å². The Morgan fingerprint density at radius 1 is 1.24 bits per heavy atom. The molecule has 0 spiro atoms. The second-order valence-electron chi connectivity index (χ2n) is 4.03. The van der Waals surface area contributed by atoms with Gasteiger partial charge in [-0.25, -0.2) is 4.98 Å². The van der Waals surface area contributed by atoms with Crippen LogP contribution < -0.4 is 4.74 Å². The molecule has 1 rings (SSSR count). The Balaban J connectivity index is 2.27. The van der Waals surface area contributed by atoms with E-state index in [1.807, 2.05) is 0 Å². The lowest BCUT2D eigenvalue weighted by molar-refractivity contribution is 0.293. The fourth-order valence-corrected chi connectivity index (χ4v) is 1.91. The van der Waals surface area contributed by atoms with E-state index < -0.39 is 0 Å². The van der Waals surface area contributed by atoms with Gasteiger partial charge in [-0.1, -0.05) is 44.2 Å². The van der Waals surface area contributed by atoms with Gasteiger partial charge in [-0.15, -0.1) is 11.6 Å². The minimum Gasteiger partial charge on any atom is -0.477 e. The molecule has 1 aromatic rings. The van der Waals surface area contributed by atoms with E-state index in [1.54, 1.807) is 12.3 Å². The summed E-state index contributed by atoms with van der Waals surface area (Å²) >= 11 is 11.7. The predicted molar refractivity (Wildman–Crippen MR) is 73.1 cm³/mol. The molecule has 0 aliphatic heterocycles. The molecule has 0 radical (unpaired) electrons. The molecule has 0 unspecified atom stereocenters. The van der Waals surface area contributed by atoms with Crippen LogP contribution in [0.2, 0.25) is 5.02 Å². The molecule has 0 aliphatic rings. The number of aromatic nitrogens is 1. The fraction of sp³-hybridized carbons (Fsp3) is 0.615. The quantitative estimate of drug-likeness (QED) is 0.501. The summed E-state index contributed by atoms with van der Waals surface area (Å²) in [5.74, 6) is 0.931. The first-order valence-corrected chi connectivity index (χ1v) is 7.02. The minimum absolute atomic E-state index is 0.421. The molecule has 17 heavy (non-hydrogen) atoms. The van der Waals surface area contributed by atoms with Crippen LogP contribution in [0.15, 0.2) is 12.3 Å². The molecule has 0 saturated carbocycles. The van der Waals surface area contributed by atoms with Gasteiger partial charge in [-0.05, 0) is 18.1 Å². The van der Waals surface area contributed by atoms with Gasteiger partial charge < -0.3 is 4.74 Å². The number of nitrogens with zero attached hydrogens (tertiary/aromatic N) is 1. The van der Waals surface area contributed by atoms with E-state index in [9.17, 15) is 0 Å². The van der Waals surface area contributed by atoms with Crippen LogP contribution in [0.3, 0.4) is 0 Å². The van der Waals surface area contributed by atoms with E-state index in [0.29, 0.717) is 23.4 Å². The standard InChI is InChI=1S/C13H19Cl2NO/c1-2-3-4-5-6-7-17-13-12(15)8-11(9-14)10-16-13/h8,10H,2-7,9H2,1H3. The van der Waals surface area contributed by atoms with Gasteiger partial charge in [0.2, 0.25) is 5.88 Å². The van der Waals surface area contributed by atoms with E-state index >= 15 is 0 Å². The lowest BCUT2D eigenvalue weighted by Gasteiger charge is -2.07. The first-order chi connectivity index (χ1) is 8.27. The maximum atomic E-state index is 6.02. The third-order valence-electron chi connectivity index (χ3n) is 2.51. The second-order valence-corrected chi connectivity index (χ2v) is 4.70. The van der Waals surface area contributed by atoms with Gasteiger partial charge in [-0.3, -0.25) is 0 Å². The fourth-order valence-electron chi connectivity index (χ4n) is 1.52. The van der Waals surface area contributed by atoms with Crippen LogP contribution in [0.1, 0.15) is 44.6 Å². The zero-order valence-corrected chi connectivity index (χ0v) is 11.7. The Kier molecular flexibility index (Phi) is 7.38. The number of hydrogen-bond acceptors (Lipinski definition) is 2. The third-order valence-corrected chi connectivity index (χ3v) is 3.08. The van der Waals surface area contributed by atoms with Gasteiger partial charge in [0.25, 0.3) is 0 Å². The van der Waals surface area contributed by atoms with Crippen LogP contribution in [0.25, 0.3) is 0 Å². The SMILES string of the molecule is CCCCCCCOc1ncc(CCl)cc1Cl. The number of alkyl halides is 1. The van der Waals surface area contributed by atoms with E-state index in [4.69, 9.17) is 27.9 Å². The van der Waals surface area contributed by atoms with Crippen molar-refractivity contribution in [3.63, 3.8) is 0 Å². The Hall–Kier alpha value is -0.470. The van der Waals surface area contributed by atoms with Crippen LogP contribution in [-0.2, 0) is 5.88 Å². The minimum atomic E-state index is 0.421. The molecule has 0 atom stereocenters. The number of pyridine rings is 1. The highest BCUT2D eigenvalue weighted by Gasteiger charge is 2.04. The molecule has 0 saturated heterocycles. The summed E-state index contributed by atoms with van der Waals surface area (Å²) in [4.78, 5) is 4.14. The Morgan fingerprint density at radius 2 is 2.00 bits per heavy atom. The normalized spacial score (nSPS) is 10.5. The molecule has 0 aromatic carbocycles. The molecule has 2 nitrogen and oxygen atoms in total. The summed E-state index contributed by atoms with van der Waals surface area (Å²) in [6.07, 6.45) is 7.77. The summed E-state index contributed by atoms with van der Waals surface area (Å²) < 4.78 is 5.53. The summed E-state index contributed by atoms with van der Waals surface area (Å²) in [5.41, 5.74) is 0.909. The molecule has 96 valence electrons. The molecule has 0 aliphatic carbocycles. The van der Waals surface area contributed by atoms with Crippen molar-refractivity contribution < 1.29 is 4.74 Å². The summed E-state index contributed by atoms with van der Waals surface area (Å²) in [5, 5.41) is 0.539. The van der Waals surface area contributed by atoms with E-state index in [2.05, 4.69) is 11.9 Å². The van der Waals surface area contributed by atoms with E-state index in [-0.39, 0.29) is 0 Å². The van der Waals surface area contributed by atoms with E-state index in [0.717, 1.165) is 12.0 Å². The average molecular weight is 276 g/mol. The monoisotopic (exact) mass is 275 g/mol. The second kappa shape index (κ2) is 8.60. The lowest BCUT2D eigenvalue weighted by atomic mass is 10.2. The van der Waals surface area contributed by atoms with Crippen LogP contribution >= 0.6 is 23.2 Å². The average Bonchev–Trinajstić information content (AvgIpc) is 2.35. The van der Waals surface area contributed by atoms with Crippen molar-refractivity contribution >= 4 is 23.2 Å². The van der Waals surface area contributed by atoms with Crippen molar-refractivity contribution in [1.29, 1.82) is 0 Å². The Bertz CT molecular complexity index is 331. The molecular formula is C13H19Cl2NO. The van der Waals surface area contributed by atoms with Crippen molar-refractivity contribution in [1.82, 2.24) is 4.98 Å². The van der Waals surface area contributed by atoms with Crippen molar-refractivity contribution in [3.05, 3.63) is 22.8 Å². The van der Waals surface area contributed by atoms with Gasteiger partial charge >= 0.3 is 0 Å². The Labute approximate surface area is 113 Å². The molecular weight excluding hydrogens is 257 g/mol. The number of halogens is 2. The molecule has 0 bridgehead atoms. The molecule has 0 amide bonds. The zero-order valence-electron chi connectivity index (χ0n) is 10.2. The first kappa shape index (κ1) is 14.6. The Morgan fingerprint density at radius 3 is 2.65 bits per heavy atom. The van der Waals surface area contributed by atoms with Gasteiger partial charge in [0, 0.05) is 12.1 Å². The van der Waals surface area contributed by atoms with Crippen LogP contribution in [-0.4, -0.2) is 11.6 Å². The number of ether oxygens (including phenoxy) is 1. The molecule has 1 aromatic heterocycles. The van der Waals surface area contributed by atoms with Crippen molar-refractivity contribution in [2.45, 2.75) is 44.9 Å². The highest BCUT2D eigenvalue weighted by molar-refractivity contribution is 6.32. The largest absolute Gasteiger partial charge is 0.477 e. The molecule has 1 heterocycles. The molecule has 4 heteroatoms. The molecule has 0 fully saturated rings. The van der Waals surface area contributed by atoms with Crippen LogP contribution in [0.4, 0.5) is 0 Å². The number of hydrogen-bond donors (Lipinski definition) is 0. The predicted octanol–water partition coefficient (Wildman–Crippen LogP) is 4.82. The summed E-state index contributed by atoms with van der Waals surface area (Å²) in [7, 11) is 0. The highest BCUT2D eigenvalue weighted by Crippen LogP contribution is 2.23. The number of rotatable bonds is 8. The van der Waals surface area contributed by atoms with Gasteiger partial charge in [-0.2, -0.15) is 0 Å². The maximum absolute atomic E-state index is 6.02. The summed E-state index contributed by atoms with van der Waals surface area (Å²) in [6, 6.07) is 1.80. The van der Waals surface area contributed by atoms with Crippen molar-refractivity contribution in [2.24, 2.45) is 0 Å². The van der Waals surface area contributed by atoms with E-state index in [1.165, 1.54) is 25.7 Å². The van der Waals surface area contributed by atoms with Gasteiger partial charge in [0.1, 0.15) is 5.02 Å². The third kappa shape index (κ3) is 5.60. The lowest BCUT2D eigenvalue weighted by Crippen LogP contribution is -2.00. The maximum Gasteiger partial charge on any atom is 0.232 e. The van der Waals surface area contributed by atoms with Gasteiger partial charge in [0.05, 0.1) is 6.61 Å². The summed E-state index contributed by atoms with van der Waals surface area (Å²) in [6.45, 7) is 2.88.